The summed E-state index contributed by atoms with van der Waals surface area (Å²) in [6, 6.07) is 0. The standard InChI is InChI=1S/C7H10S.C7H16/c1-6-3-4-7(5-6)8-2;1-5-6-7(2,3)4/h3-6H,1-2H3;5-6H2,1-4H3. The minimum absolute atomic E-state index is 0.550. The van der Waals surface area contributed by atoms with E-state index >= 15 is 0 Å². The quantitative estimate of drug-likeness (QED) is 0.618. The molecule has 0 aliphatic heterocycles. The predicted molar refractivity (Wildman–Crippen MR) is 74.3 cm³/mol. The van der Waals surface area contributed by atoms with Gasteiger partial charge >= 0.3 is 0 Å². The smallest absolute Gasteiger partial charge is 0.00320 e. The van der Waals surface area contributed by atoms with E-state index in [-0.39, 0.29) is 0 Å². The molecule has 1 atom stereocenters. The maximum absolute atomic E-state index is 2.27. The molecule has 0 fully saturated rings. The molecule has 15 heavy (non-hydrogen) atoms. The molecule has 0 saturated carbocycles. The summed E-state index contributed by atoms with van der Waals surface area (Å²) >= 11 is 1.81. The molecular formula is C14H26S. The van der Waals surface area contributed by atoms with E-state index in [1.807, 2.05) is 11.8 Å². The Hall–Kier alpha value is -0.170. The Balaban J connectivity index is 0.000000265. The molecule has 0 aromatic heterocycles. The summed E-state index contributed by atoms with van der Waals surface area (Å²) in [5.74, 6) is 0.664. The lowest BCUT2D eigenvalue weighted by atomic mass is 9.91. The van der Waals surface area contributed by atoms with Crippen LogP contribution in [0.4, 0.5) is 0 Å². The van der Waals surface area contributed by atoms with Crippen LogP contribution in [-0.2, 0) is 0 Å². The first kappa shape index (κ1) is 14.8. The van der Waals surface area contributed by atoms with Gasteiger partial charge in [0.15, 0.2) is 0 Å². The van der Waals surface area contributed by atoms with Gasteiger partial charge in [0.05, 0.1) is 0 Å². The first-order valence-electron chi connectivity index (χ1n) is 5.83. The van der Waals surface area contributed by atoms with Gasteiger partial charge in [0.2, 0.25) is 0 Å². The van der Waals surface area contributed by atoms with Gasteiger partial charge in [0, 0.05) is 4.91 Å². The van der Waals surface area contributed by atoms with Crippen molar-refractivity contribution in [3.63, 3.8) is 0 Å². The summed E-state index contributed by atoms with van der Waals surface area (Å²) in [6.07, 6.45) is 11.4. The van der Waals surface area contributed by atoms with Crippen LogP contribution in [0, 0.1) is 11.3 Å². The van der Waals surface area contributed by atoms with E-state index in [9.17, 15) is 0 Å². The van der Waals surface area contributed by atoms with Crippen LogP contribution in [0.2, 0.25) is 0 Å². The highest BCUT2D eigenvalue weighted by molar-refractivity contribution is 8.02. The van der Waals surface area contributed by atoms with Crippen molar-refractivity contribution < 1.29 is 0 Å². The predicted octanol–water partition coefficient (Wildman–Crippen LogP) is 5.27. The molecule has 0 N–H and O–H groups in total. The average Bonchev–Trinajstić information content (AvgIpc) is 2.50. The summed E-state index contributed by atoms with van der Waals surface area (Å²) in [4.78, 5) is 1.40. The molecule has 0 amide bonds. The van der Waals surface area contributed by atoms with E-state index in [1.165, 1.54) is 17.7 Å². The summed E-state index contributed by atoms with van der Waals surface area (Å²) in [6.45, 7) is 11.2. The van der Waals surface area contributed by atoms with Crippen molar-refractivity contribution >= 4 is 11.8 Å². The Morgan fingerprint density at radius 2 is 1.93 bits per heavy atom. The molecule has 0 nitrogen and oxygen atoms in total. The zero-order valence-electron chi connectivity index (χ0n) is 11.1. The lowest BCUT2D eigenvalue weighted by molar-refractivity contribution is 0.373. The number of hydrogen-bond acceptors (Lipinski definition) is 1. The second kappa shape index (κ2) is 7.16. The van der Waals surface area contributed by atoms with Crippen LogP contribution in [0.5, 0.6) is 0 Å². The fourth-order valence-corrected chi connectivity index (χ4v) is 2.07. The van der Waals surface area contributed by atoms with Crippen molar-refractivity contribution in [3.8, 4) is 0 Å². The largest absolute Gasteiger partial charge is 0.130 e. The molecule has 0 saturated heterocycles. The van der Waals surface area contributed by atoms with Gasteiger partial charge in [-0.05, 0) is 24.0 Å². The Kier molecular flexibility index (Phi) is 7.08. The molecule has 88 valence electrons. The van der Waals surface area contributed by atoms with E-state index < -0.39 is 0 Å². The molecule has 0 heterocycles. The van der Waals surface area contributed by atoms with Crippen molar-refractivity contribution in [1.29, 1.82) is 0 Å². The Labute approximate surface area is 100 Å². The van der Waals surface area contributed by atoms with E-state index in [0.29, 0.717) is 11.3 Å². The second-order valence-electron chi connectivity index (χ2n) is 5.30. The first-order chi connectivity index (χ1) is 6.89. The molecule has 1 heteroatoms. The molecule has 1 unspecified atom stereocenters. The van der Waals surface area contributed by atoms with Crippen LogP contribution in [0.3, 0.4) is 0 Å². The van der Waals surface area contributed by atoms with E-state index in [1.54, 1.807) is 0 Å². The third-order valence-corrected chi connectivity index (χ3v) is 2.97. The summed E-state index contributed by atoms with van der Waals surface area (Å²) in [5, 5.41) is 0. The first-order valence-corrected chi connectivity index (χ1v) is 7.05. The van der Waals surface area contributed by atoms with Crippen molar-refractivity contribution in [2.24, 2.45) is 11.3 Å². The number of hydrogen-bond donors (Lipinski definition) is 0. The number of thioether (sulfide) groups is 1. The minimum atomic E-state index is 0.550. The SMILES string of the molecule is CCCC(C)(C)C.CSC1=CC(C)C=C1. The molecule has 0 spiro atoms. The van der Waals surface area contributed by atoms with Crippen LogP contribution in [0.1, 0.15) is 47.5 Å². The molecule has 0 aromatic carbocycles. The summed E-state index contributed by atoms with van der Waals surface area (Å²) in [7, 11) is 0. The zero-order valence-corrected chi connectivity index (χ0v) is 11.9. The highest BCUT2D eigenvalue weighted by Gasteiger charge is 2.06. The minimum Gasteiger partial charge on any atom is -0.130 e. The zero-order chi connectivity index (χ0) is 11.9. The lowest BCUT2D eigenvalue weighted by Crippen LogP contribution is -2.02. The maximum atomic E-state index is 2.27. The van der Waals surface area contributed by atoms with Gasteiger partial charge < -0.3 is 0 Å². The van der Waals surface area contributed by atoms with Crippen LogP contribution < -0.4 is 0 Å². The van der Waals surface area contributed by atoms with Gasteiger partial charge in [-0.15, -0.1) is 11.8 Å². The van der Waals surface area contributed by atoms with Gasteiger partial charge in [0.1, 0.15) is 0 Å². The normalized spacial score (nSPS) is 19.6. The highest BCUT2D eigenvalue weighted by Crippen LogP contribution is 2.22. The van der Waals surface area contributed by atoms with Gasteiger partial charge in [-0.2, -0.15) is 0 Å². The topological polar surface area (TPSA) is 0 Å². The molecule has 0 radical (unpaired) electrons. The molecule has 0 aromatic rings. The third-order valence-electron chi connectivity index (χ3n) is 2.23. The van der Waals surface area contributed by atoms with Crippen molar-refractivity contribution in [1.82, 2.24) is 0 Å². The summed E-state index contributed by atoms with van der Waals surface area (Å²) in [5.41, 5.74) is 0.550. The van der Waals surface area contributed by atoms with Gasteiger partial charge in [-0.1, -0.05) is 59.3 Å². The van der Waals surface area contributed by atoms with Gasteiger partial charge in [0.25, 0.3) is 0 Å². The van der Waals surface area contributed by atoms with Gasteiger partial charge in [-0.25, -0.2) is 0 Å². The second-order valence-corrected chi connectivity index (χ2v) is 6.18. The fraction of sp³-hybridized carbons (Fsp3) is 0.714. The van der Waals surface area contributed by atoms with E-state index in [2.05, 4.69) is 59.1 Å². The molecule has 0 bridgehead atoms. The monoisotopic (exact) mass is 226 g/mol. The molecular weight excluding hydrogens is 200 g/mol. The third kappa shape index (κ3) is 8.80. The van der Waals surface area contributed by atoms with Crippen molar-refractivity contribution in [2.75, 3.05) is 6.26 Å². The van der Waals surface area contributed by atoms with Crippen LogP contribution in [-0.4, -0.2) is 6.26 Å². The highest BCUT2D eigenvalue weighted by atomic mass is 32.2. The Morgan fingerprint density at radius 1 is 1.33 bits per heavy atom. The molecule has 1 rings (SSSR count). The average molecular weight is 226 g/mol. The molecule has 1 aliphatic carbocycles. The number of rotatable bonds is 2. The lowest BCUT2D eigenvalue weighted by Gasteiger charge is -2.15. The number of allylic oxidation sites excluding steroid dienone is 3. The fourth-order valence-electron chi connectivity index (χ4n) is 1.50. The van der Waals surface area contributed by atoms with E-state index in [0.717, 1.165) is 0 Å². The Morgan fingerprint density at radius 3 is 2.07 bits per heavy atom. The van der Waals surface area contributed by atoms with Crippen LogP contribution in [0.15, 0.2) is 23.1 Å². The summed E-state index contributed by atoms with van der Waals surface area (Å²) < 4.78 is 0. The van der Waals surface area contributed by atoms with Crippen LogP contribution >= 0.6 is 11.8 Å². The Bertz CT molecular complexity index is 218. The van der Waals surface area contributed by atoms with Crippen LogP contribution in [0.25, 0.3) is 0 Å². The van der Waals surface area contributed by atoms with E-state index in [4.69, 9.17) is 0 Å². The maximum Gasteiger partial charge on any atom is 0.00320 e. The molecule has 1 aliphatic rings. The van der Waals surface area contributed by atoms with Gasteiger partial charge in [-0.3, -0.25) is 0 Å². The van der Waals surface area contributed by atoms with Crippen molar-refractivity contribution in [3.05, 3.63) is 23.1 Å². The van der Waals surface area contributed by atoms with Crippen molar-refractivity contribution in [2.45, 2.75) is 47.5 Å².